The number of carbonyl (C=O) groups is 2. The molecular weight excluding hydrogens is 354 g/mol. The quantitative estimate of drug-likeness (QED) is 0.766. The minimum Gasteiger partial charge on any atom is -0.494 e. The standard InChI is InChI=1S/C22H27N3O3/c1-2-28-20-12-10-18(11-13-20)23-16-21(26)24-19-8-6-17(7-9-19)22(27)25-14-4-3-5-15-25/h6-13,23H,2-5,14-16H2,1H3,(H,24,26). The number of nitrogens with one attached hydrogen (secondary N) is 2. The van der Waals surface area contributed by atoms with Crippen LogP contribution in [0.1, 0.15) is 36.5 Å². The van der Waals surface area contributed by atoms with E-state index < -0.39 is 0 Å². The fourth-order valence-corrected chi connectivity index (χ4v) is 3.20. The van der Waals surface area contributed by atoms with Crippen LogP contribution in [0.2, 0.25) is 0 Å². The molecule has 0 radical (unpaired) electrons. The summed E-state index contributed by atoms with van der Waals surface area (Å²) < 4.78 is 5.40. The molecule has 2 amide bonds. The predicted molar refractivity (Wildman–Crippen MR) is 111 cm³/mol. The van der Waals surface area contributed by atoms with Crippen molar-refractivity contribution in [1.29, 1.82) is 0 Å². The zero-order valence-electron chi connectivity index (χ0n) is 16.2. The highest BCUT2D eigenvalue weighted by Gasteiger charge is 2.17. The third-order valence-electron chi connectivity index (χ3n) is 4.68. The van der Waals surface area contributed by atoms with Crippen LogP contribution in [-0.4, -0.2) is 43.0 Å². The largest absolute Gasteiger partial charge is 0.494 e. The SMILES string of the molecule is CCOc1ccc(NCC(=O)Nc2ccc(C(=O)N3CCCCC3)cc2)cc1. The highest BCUT2D eigenvalue weighted by Crippen LogP contribution is 2.17. The van der Waals surface area contributed by atoms with Crippen molar-refractivity contribution in [3.8, 4) is 5.75 Å². The molecule has 148 valence electrons. The van der Waals surface area contributed by atoms with Gasteiger partial charge in [-0.2, -0.15) is 0 Å². The van der Waals surface area contributed by atoms with Crippen molar-refractivity contribution in [2.45, 2.75) is 26.2 Å². The molecule has 0 aliphatic carbocycles. The van der Waals surface area contributed by atoms with Crippen molar-refractivity contribution in [2.24, 2.45) is 0 Å². The van der Waals surface area contributed by atoms with Gasteiger partial charge in [-0.05, 0) is 74.7 Å². The summed E-state index contributed by atoms with van der Waals surface area (Å²) in [6.45, 7) is 4.37. The number of nitrogens with zero attached hydrogens (tertiary/aromatic N) is 1. The number of carbonyl (C=O) groups excluding carboxylic acids is 2. The number of anilines is 2. The molecule has 2 aromatic carbocycles. The Labute approximate surface area is 165 Å². The molecule has 0 bridgehead atoms. The zero-order valence-corrected chi connectivity index (χ0v) is 16.2. The van der Waals surface area contributed by atoms with Crippen LogP contribution in [0.15, 0.2) is 48.5 Å². The minimum absolute atomic E-state index is 0.0646. The first-order valence-electron chi connectivity index (χ1n) is 9.81. The molecule has 28 heavy (non-hydrogen) atoms. The van der Waals surface area contributed by atoms with Gasteiger partial charge in [-0.3, -0.25) is 9.59 Å². The molecule has 1 saturated heterocycles. The molecule has 0 saturated carbocycles. The Morgan fingerprint density at radius 1 is 0.929 bits per heavy atom. The van der Waals surface area contributed by atoms with Gasteiger partial charge in [-0.25, -0.2) is 0 Å². The van der Waals surface area contributed by atoms with E-state index in [1.165, 1.54) is 6.42 Å². The second-order valence-electron chi connectivity index (χ2n) is 6.79. The van der Waals surface area contributed by atoms with E-state index >= 15 is 0 Å². The number of hydrogen-bond donors (Lipinski definition) is 2. The van der Waals surface area contributed by atoms with Gasteiger partial charge in [0.15, 0.2) is 0 Å². The third-order valence-corrected chi connectivity index (χ3v) is 4.68. The number of benzene rings is 2. The van der Waals surface area contributed by atoms with Crippen LogP contribution in [-0.2, 0) is 4.79 Å². The van der Waals surface area contributed by atoms with Gasteiger partial charge in [-0.15, -0.1) is 0 Å². The van der Waals surface area contributed by atoms with Crippen LogP contribution >= 0.6 is 0 Å². The van der Waals surface area contributed by atoms with E-state index in [0.29, 0.717) is 17.9 Å². The first-order valence-corrected chi connectivity index (χ1v) is 9.81. The number of ether oxygens (including phenoxy) is 1. The molecule has 0 unspecified atom stereocenters. The third kappa shape index (κ3) is 5.49. The van der Waals surface area contributed by atoms with Crippen molar-refractivity contribution in [2.75, 3.05) is 36.9 Å². The molecule has 3 rings (SSSR count). The molecule has 6 heteroatoms. The number of piperidine rings is 1. The van der Waals surface area contributed by atoms with Crippen LogP contribution in [0, 0.1) is 0 Å². The maximum absolute atomic E-state index is 12.5. The molecule has 1 fully saturated rings. The Bertz CT molecular complexity index is 782. The summed E-state index contributed by atoms with van der Waals surface area (Å²) in [6.07, 6.45) is 3.34. The van der Waals surface area contributed by atoms with E-state index in [4.69, 9.17) is 4.74 Å². The Kier molecular flexibility index (Phi) is 6.89. The molecular formula is C22H27N3O3. The van der Waals surface area contributed by atoms with Gasteiger partial charge in [0.1, 0.15) is 5.75 Å². The Balaban J connectivity index is 1.48. The van der Waals surface area contributed by atoms with E-state index in [1.54, 1.807) is 24.3 Å². The van der Waals surface area contributed by atoms with Crippen LogP contribution in [0.25, 0.3) is 0 Å². The second kappa shape index (κ2) is 9.78. The summed E-state index contributed by atoms with van der Waals surface area (Å²) in [5, 5.41) is 5.92. The Morgan fingerprint density at radius 3 is 2.21 bits per heavy atom. The lowest BCUT2D eigenvalue weighted by Crippen LogP contribution is -2.35. The average molecular weight is 381 g/mol. The van der Waals surface area contributed by atoms with Crippen LogP contribution < -0.4 is 15.4 Å². The monoisotopic (exact) mass is 381 g/mol. The van der Waals surface area contributed by atoms with Crippen molar-refractivity contribution >= 4 is 23.2 Å². The molecule has 0 spiro atoms. The van der Waals surface area contributed by atoms with Gasteiger partial charge >= 0.3 is 0 Å². The van der Waals surface area contributed by atoms with Crippen LogP contribution in [0.5, 0.6) is 5.75 Å². The Hall–Kier alpha value is -3.02. The van der Waals surface area contributed by atoms with E-state index in [2.05, 4.69) is 10.6 Å². The molecule has 1 heterocycles. The van der Waals surface area contributed by atoms with Crippen LogP contribution in [0.4, 0.5) is 11.4 Å². The van der Waals surface area contributed by atoms with Crippen LogP contribution in [0.3, 0.4) is 0 Å². The van der Waals surface area contributed by atoms with Crippen molar-refractivity contribution in [3.05, 3.63) is 54.1 Å². The van der Waals surface area contributed by atoms with Gasteiger partial charge in [0.05, 0.1) is 13.2 Å². The number of amides is 2. The van der Waals surface area contributed by atoms with Gasteiger partial charge < -0.3 is 20.3 Å². The molecule has 1 aliphatic heterocycles. The van der Waals surface area contributed by atoms with Crippen molar-refractivity contribution < 1.29 is 14.3 Å². The summed E-state index contributed by atoms with van der Waals surface area (Å²) in [5.41, 5.74) is 2.18. The lowest BCUT2D eigenvalue weighted by atomic mass is 10.1. The Morgan fingerprint density at radius 2 is 1.57 bits per heavy atom. The van der Waals surface area contributed by atoms with E-state index in [9.17, 15) is 9.59 Å². The summed E-state index contributed by atoms with van der Waals surface area (Å²) in [4.78, 5) is 26.5. The average Bonchev–Trinajstić information content (AvgIpc) is 2.74. The van der Waals surface area contributed by atoms with E-state index in [1.807, 2.05) is 36.1 Å². The van der Waals surface area contributed by atoms with Crippen molar-refractivity contribution in [3.63, 3.8) is 0 Å². The maximum atomic E-state index is 12.5. The zero-order chi connectivity index (χ0) is 19.8. The van der Waals surface area contributed by atoms with Gasteiger partial charge in [-0.1, -0.05) is 0 Å². The normalized spacial score (nSPS) is 13.7. The predicted octanol–water partition coefficient (Wildman–Crippen LogP) is 3.76. The number of likely N-dealkylation sites (tertiary alicyclic amines) is 1. The first kappa shape index (κ1) is 19.7. The second-order valence-corrected chi connectivity index (χ2v) is 6.79. The topological polar surface area (TPSA) is 70.7 Å². The highest BCUT2D eigenvalue weighted by atomic mass is 16.5. The highest BCUT2D eigenvalue weighted by molar-refractivity contribution is 5.96. The molecule has 0 atom stereocenters. The van der Waals surface area contributed by atoms with Gasteiger partial charge in [0.25, 0.3) is 5.91 Å². The summed E-state index contributed by atoms with van der Waals surface area (Å²) in [6, 6.07) is 14.6. The summed E-state index contributed by atoms with van der Waals surface area (Å²) in [5.74, 6) is 0.718. The smallest absolute Gasteiger partial charge is 0.253 e. The van der Waals surface area contributed by atoms with Crippen molar-refractivity contribution in [1.82, 2.24) is 4.90 Å². The maximum Gasteiger partial charge on any atom is 0.253 e. The molecule has 6 nitrogen and oxygen atoms in total. The minimum atomic E-state index is -0.149. The van der Waals surface area contributed by atoms with Gasteiger partial charge in [0.2, 0.25) is 5.91 Å². The van der Waals surface area contributed by atoms with E-state index in [-0.39, 0.29) is 18.4 Å². The van der Waals surface area contributed by atoms with Gasteiger partial charge in [0, 0.05) is 30.0 Å². The first-order chi connectivity index (χ1) is 13.7. The number of hydrogen-bond acceptors (Lipinski definition) is 4. The molecule has 0 aromatic heterocycles. The lowest BCUT2D eigenvalue weighted by molar-refractivity contribution is -0.114. The fraction of sp³-hybridized carbons (Fsp3) is 0.364. The fourth-order valence-electron chi connectivity index (χ4n) is 3.20. The summed E-state index contributed by atoms with van der Waals surface area (Å²) in [7, 11) is 0. The molecule has 2 aromatic rings. The summed E-state index contributed by atoms with van der Waals surface area (Å²) >= 11 is 0. The molecule has 2 N–H and O–H groups in total. The number of rotatable bonds is 7. The molecule has 1 aliphatic rings. The van der Waals surface area contributed by atoms with E-state index in [0.717, 1.165) is 37.4 Å². The lowest BCUT2D eigenvalue weighted by Gasteiger charge is -2.26.